The summed E-state index contributed by atoms with van der Waals surface area (Å²) in [5.41, 5.74) is 1.58. The second-order valence-corrected chi connectivity index (χ2v) is 4.19. The van der Waals surface area contributed by atoms with E-state index < -0.39 is 0 Å². The van der Waals surface area contributed by atoms with Crippen molar-refractivity contribution in [1.82, 2.24) is 10.3 Å². The zero-order valence-corrected chi connectivity index (χ0v) is 10.2. The van der Waals surface area contributed by atoms with Crippen LogP contribution in [0.3, 0.4) is 0 Å². The number of hydrogen-bond acceptors (Lipinski definition) is 2. The number of nitrogens with zero attached hydrogens (tertiary/aromatic N) is 1. The number of fused-ring (bicyclic) bond motifs is 1. The van der Waals surface area contributed by atoms with Crippen molar-refractivity contribution in [2.45, 2.75) is 25.8 Å². The van der Waals surface area contributed by atoms with Gasteiger partial charge >= 0.3 is 0 Å². The van der Waals surface area contributed by atoms with Crippen molar-refractivity contribution in [2.75, 3.05) is 0 Å². The third-order valence-corrected chi connectivity index (χ3v) is 3.01. The van der Waals surface area contributed by atoms with E-state index in [1.54, 1.807) is 6.07 Å². The highest BCUT2D eigenvalue weighted by Gasteiger charge is 2.14. The minimum atomic E-state index is -0.123. The molecule has 0 spiro atoms. The van der Waals surface area contributed by atoms with E-state index in [0.717, 1.165) is 17.3 Å². The summed E-state index contributed by atoms with van der Waals surface area (Å²) < 4.78 is 0. The van der Waals surface area contributed by atoms with Crippen molar-refractivity contribution in [3.63, 3.8) is 0 Å². The standard InChI is InChI=1S/C14H15N3O/c1-2-10(6-8-15)17-14(18)12-4-3-5-13-11(12)7-9-16-13/h3-5,7,9-10,16H,2,6H2,1H3,(H,17,18). The minimum absolute atomic E-state index is 0.0864. The molecule has 1 unspecified atom stereocenters. The van der Waals surface area contributed by atoms with E-state index in [0.29, 0.717) is 12.0 Å². The number of H-pyrrole nitrogens is 1. The first-order valence-electron chi connectivity index (χ1n) is 6.00. The number of rotatable bonds is 4. The van der Waals surface area contributed by atoms with Gasteiger partial charge in [0.2, 0.25) is 0 Å². The van der Waals surface area contributed by atoms with E-state index >= 15 is 0 Å². The molecule has 0 saturated heterocycles. The lowest BCUT2D eigenvalue weighted by Crippen LogP contribution is -2.34. The van der Waals surface area contributed by atoms with Gasteiger partial charge in [-0.25, -0.2) is 0 Å². The van der Waals surface area contributed by atoms with Gasteiger partial charge in [0.05, 0.1) is 12.5 Å². The zero-order valence-electron chi connectivity index (χ0n) is 10.2. The van der Waals surface area contributed by atoms with Crippen LogP contribution in [-0.2, 0) is 0 Å². The van der Waals surface area contributed by atoms with Gasteiger partial charge in [-0.1, -0.05) is 13.0 Å². The second kappa shape index (κ2) is 5.37. The molecule has 1 amide bonds. The minimum Gasteiger partial charge on any atom is -0.361 e. The lowest BCUT2D eigenvalue weighted by molar-refractivity contribution is 0.0938. The normalized spacial score (nSPS) is 12.0. The third-order valence-electron chi connectivity index (χ3n) is 3.01. The maximum absolute atomic E-state index is 12.2. The Labute approximate surface area is 106 Å². The van der Waals surface area contributed by atoms with Crippen LogP contribution in [0.5, 0.6) is 0 Å². The molecule has 1 heterocycles. The predicted octanol–water partition coefficient (Wildman–Crippen LogP) is 2.59. The molecule has 0 aliphatic heterocycles. The highest BCUT2D eigenvalue weighted by molar-refractivity contribution is 6.06. The Morgan fingerprint density at radius 1 is 1.50 bits per heavy atom. The summed E-state index contributed by atoms with van der Waals surface area (Å²) in [7, 11) is 0. The van der Waals surface area contributed by atoms with Crippen LogP contribution < -0.4 is 5.32 Å². The summed E-state index contributed by atoms with van der Waals surface area (Å²) in [6.45, 7) is 1.96. The van der Waals surface area contributed by atoms with Gasteiger partial charge in [-0.05, 0) is 24.6 Å². The van der Waals surface area contributed by atoms with Crippen LogP contribution in [0, 0.1) is 11.3 Å². The van der Waals surface area contributed by atoms with Crippen molar-refractivity contribution >= 4 is 16.8 Å². The van der Waals surface area contributed by atoms with Crippen LogP contribution in [0.2, 0.25) is 0 Å². The lowest BCUT2D eigenvalue weighted by atomic mass is 10.1. The molecule has 1 aromatic carbocycles. The van der Waals surface area contributed by atoms with Gasteiger partial charge in [-0.2, -0.15) is 5.26 Å². The molecule has 0 fully saturated rings. The Morgan fingerprint density at radius 2 is 2.33 bits per heavy atom. The van der Waals surface area contributed by atoms with Crippen molar-refractivity contribution in [3.8, 4) is 6.07 Å². The van der Waals surface area contributed by atoms with Gasteiger partial charge in [0.1, 0.15) is 0 Å². The van der Waals surface area contributed by atoms with Crippen molar-refractivity contribution in [1.29, 1.82) is 5.26 Å². The van der Waals surface area contributed by atoms with Crippen molar-refractivity contribution < 1.29 is 4.79 Å². The molecule has 2 aromatic rings. The van der Waals surface area contributed by atoms with E-state index in [-0.39, 0.29) is 11.9 Å². The maximum atomic E-state index is 12.2. The third kappa shape index (κ3) is 2.35. The van der Waals surface area contributed by atoms with Crippen LogP contribution in [0.15, 0.2) is 30.5 Å². The molecule has 0 bridgehead atoms. The predicted molar refractivity (Wildman–Crippen MR) is 70.1 cm³/mol. The fourth-order valence-corrected chi connectivity index (χ4v) is 1.95. The summed E-state index contributed by atoms with van der Waals surface area (Å²) in [6, 6.07) is 9.46. The molecular formula is C14H15N3O. The van der Waals surface area contributed by atoms with Crippen molar-refractivity contribution in [3.05, 3.63) is 36.0 Å². The molecule has 1 atom stereocenters. The fourth-order valence-electron chi connectivity index (χ4n) is 1.95. The quantitative estimate of drug-likeness (QED) is 0.863. The van der Waals surface area contributed by atoms with Crippen LogP contribution in [-0.4, -0.2) is 16.9 Å². The summed E-state index contributed by atoms with van der Waals surface area (Å²) in [5.74, 6) is -0.123. The lowest BCUT2D eigenvalue weighted by Gasteiger charge is -2.13. The van der Waals surface area contributed by atoms with E-state index in [4.69, 9.17) is 5.26 Å². The Bertz CT molecular complexity index is 594. The first kappa shape index (κ1) is 12.2. The van der Waals surface area contributed by atoms with Crippen molar-refractivity contribution in [2.24, 2.45) is 0 Å². The van der Waals surface area contributed by atoms with E-state index in [1.807, 2.05) is 31.3 Å². The summed E-state index contributed by atoms with van der Waals surface area (Å²) >= 11 is 0. The zero-order chi connectivity index (χ0) is 13.0. The number of nitriles is 1. The molecule has 4 nitrogen and oxygen atoms in total. The monoisotopic (exact) mass is 241 g/mol. The molecule has 92 valence electrons. The van der Waals surface area contributed by atoms with Crippen LogP contribution >= 0.6 is 0 Å². The largest absolute Gasteiger partial charge is 0.361 e. The molecule has 0 saturated carbocycles. The molecule has 2 rings (SSSR count). The van der Waals surface area contributed by atoms with E-state index in [1.165, 1.54) is 0 Å². The highest BCUT2D eigenvalue weighted by atomic mass is 16.1. The highest BCUT2D eigenvalue weighted by Crippen LogP contribution is 2.17. The fraction of sp³-hybridized carbons (Fsp3) is 0.286. The molecule has 2 N–H and O–H groups in total. The van der Waals surface area contributed by atoms with E-state index in [9.17, 15) is 4.79 Å². The Morgan fingerprint density at radius 3 is 3.06 bits per heavy atom. The van der Waals surface area contributed by atoms with Gasteiger partial charge < -0.3 is 10.3 Å². The summed E-state index contributed by atoms with van der Waals surface area (Å²) in [4.78, 5) is 15.2. The smallest absolute Gasteiger partial charge is 0.252 e. The van der Waals surface area contributed by atoms with Crippen LogP contribution in [0.25, 0.3) is 10.9 Å². The molecule has 0 radical (unpaired) electrons. The summed E-state index contributed by atoms with van der Waals surface area (Å²) in [5, 5.41) is 12.5. The van der Waals surface area contributed by atoms with Crippen LogP contribution in [0.1, 0.15) is 30.1 Å². The second-order valence-electron chi connectivity index (χ2n) is 4.19. The van der Waals surface area contributed by atoms with E-state index in [2.05, 4.69) is 16.4 Å². The SMILES string of the molecule is CCC(CC#N)NC(=O)c1cccc2[nH]ccc12. The number of benzene rings is 1. The Hall–Kier alpha value is -2.28. The molecule has 4 heteroatoms. The average Bonchev–Trinajstić information content (AvgIpc) is 2.85. The number of carbonyl (C=O) groups is 1. The maximum Gasteiger partial charge on any atom is 0.252 e. The Kier molecular flexibility index (Phi) is 3.63. The molecule has 18 heavy (non-hydrogen) atoms. The van der Waals surface area contributed by atoms with Gasteiger partial charge in [0.25, 0.3) is 5.91 Å². The number of amides is 1. The molecule has 1 aromatic heterocycles. The van der Waals surface area contributed by atoms with Gasteiger partial charge in [0, 0.05) is 28.7 Å². The number of nitrogens with one attached hydrogen (secondary N) is 2. The topological polar surface area (TPSA) is 68.7 Å². The number of aromatic amines is 1. The number of hydrogen-bond donors (Lipinski definition) is 2. The van der Waals surface area contributed by atoms with Gasteiger partial charge in [-0.15, -0.1) is 0 Å². The van der Waals surface area contributed by atoms with Gasteiger partial charge in [-0.3, -0.25) is 4.79 Å². The number of aromatic nitrogens is 1. The molecular weight excluding hydrogens is 226 g/mol. The van der Waals surface area contributed by atoms with Gasteiger partial charge in [0.15, 0.2) is 0 Å². The van der Waals surface area contributed by atoms with Crippen LogP contribution in [0.4, 0.5) is 0 Å². The first-order valence-corrected chi connectivity index (χ1v) is 6.00. The first-order chi connectivity index (χ1) is 8.76. The summed E-state index contributed by atoms with van der Waals surface area (Å²) in [6.07, 6.45) is 2.90. The molecule has 0 aliphatic rings. The number of carbonyl (C=O) groups excluding carboxylic acids is 1. The molecule has 0 aliphatic carbocycles. The Balaban J connectivity index is 2.23. The average molecular weight is 241 g/mol.